The second-order valence-electron chi connectivity index (χ2n) is 6.23. The molecule has 0 radical (unpaired) electrons. The van der Waals surface area contributed by atoms with Gasteiger partial charge in [0, 0.05) is 25.2 Å². The second kappa shape index (κ2) is 9.23. The van der Waals surface area contributed by atoms with Gasteiger partial charge in [0.15, 0.2) is 0 Å². The van der Waals surface area contributed by atoms with Gasteiger partial charge in [-0.2, -0.15) is 13.2 Å². The maximum atomic E-state index is 12.1. The zero-order chi connectivity index (χ0) is 19.0. The molecule has 0 unspecified atom stereocenters. The van der Waals surface area contributed by atoms with Crippen molar-refractivity contribution in [3.05, 3.63) is 29.8 Å². The predicted molar refractivity (Wildman–Crippen MR) is 89.2 cm³/mol. The Morgan fingerprint density at radius 3 is 2.46 bits per heavy atom. The highest BCUT2D eigenvalue weighted by molar-refractivity contribution is 5.77. The number of hydrogen-bond acceptors (Lipinski definition) is 4. The van der Waals surface area contributed by atoms with Gasteiger partial charge in [-0.25, -0.2) is 0 Å². The third-order valence-electron chi connectivity index (χ3n) is 4.35. The van der Waals surface area contributed by atoms with Crippen molar-refractivity contribution in [3.63, 3.8) is 0 Å². The first-order chi connectivity index (χ1) is 12.3. The SMILES string of the molecule is CCOc1ccc(C2(CNC(=O)COCC(F)(F)F)CCOCC2)cc1. The maximum Gasteiger partial charge on any atom is 0.411 e. The van der Waals surface area contributed by atoms with Crippen LogP contribution in [0.2, 0.25) is 0 Å². The molecule has 0 aromatic heterocycles. The number of hydrogen-bond donors (Lipinski definition) is 1. The summed E-state index contributed by atoms with van der Waals surface area (Å²) in [5.74, 6) is 0.203. The second-order valence-corrected chi connectivity index (χ2v) is 6.23. The lowest BCUT2D eigenvalue weighted by Gasteiger charge is -2.38. The van der Waals surface area contributed by atoms with E-state index in [-0.39, 0.29) is 5.41 Å². The highest BCUT2D eigenvalue weighted by Crippen LogP contribution is 2.35. The largest absolute Gasteiger partial charge is 0.494 e. The summed E-state index contributed by atoms with van der Waals surface area (Å²) in [6, 6.07) is 7.68. The Bertz CT molecular complexity index is 569. The fourth-order valence-corrected chi connectivity index (χ4v) is 2.98. The average Bonchev–Trinajstić information content (AvgIpc) is 2.61. The van der Waals surface area contributed by atoms with E-state index >= 15 is 0 Å². The van der Waals surface area contributed by atoms with Gasteiger partial charge in [0.05, 0.1) is 6.61 Å². The fraction of sp³-hybridized carbons (Fsp3) is 0.611. The van der Waals surface area contributed by atoms with Crippen LogP contribution in [-0.2, 0) is 19.7 Å². The molecule has 8 heteroatoms. The van der Waals surface area contributed by atoms with E-state index in [0.717, 1.165) is 11.3 Å². The fourth-order valence-electron chi connectivity index (χ4n) is 2.98. The summed E-state index contributed by atoms with van der Waals surface area (Å²) in [7, 11) is 0. The smallest absolute Gasteiger partial charge is 0.411 e. The van der Waals surface area contributed by atoms with Crippen molar-refractivity contribution in [2.24, 2.45) is 0 Å². The first kappa shape index (κ1) is 20.5. The first-order valence-electron chi connectivity index (χ1n) is 8.57. The topological polar surface area (TPSA) is 56.8 Å². The summed E-state index contributed by atoms with van der Waals surface area (Å²) in [6.07, 6.45) is -3.01. The Balaban J connectivity index is 1.97. The Morgan fingerprint density at radius 1 is 1.23 bits per heavy atom. The van der Waals surface area contributed by atoms with Crippen molar-refractivity contribution < 1.29 is 32.2 Å². The summed E-state index contributed by atoms with van der Waals surface area (Å²) in [6.45, 7) is 1.88. The Morgan fingerprint density at radius 2 is 1.88 bits per heavy atom. The summed E-state index contributed by atoms with van der Waals surface area (Å²) < 4.78 is 51.5. The van der Waals surface area contributed by atoms with Gasteiger partial charge in [0.1, 0.15) is 19.0 Å². The third-order valence-corrected chi connectivity index (χ3v) is 4.35. The van der Waals surface area contributed by atoms with Crippen LogP contribution >= 0.6 is 0 Å². The number of carbonyl (C=O) groups is 1. The highest BCUT2D eigenvalue weighted by atomic mass is 19.4. The molecule has 1 amide bonds. The molecule has 1 aliphatic heterocycles. The van der Waals surface area contributed by atoms with Crippen LogP contribution in [0.3, 0.4) is 0 Å². The van der Waals surface area contributed by atoms with Gasteiger partial charge < -0.3 is 19.5 Å². The van der Waals surface area contributed by atoms with Gasteiger partial charge in [0.25, 0.3) is 0 Å². The molecule has 1 heterocycles. The third kappa shape index (κ3) is 6.17. The minimum absolute atomic E-state index is 0.317. The zero-order valence-corrected chi connectivity index (χ0v) is 14.7. The normalized spacial score (nSPS) is 16.9. The Labute approximate surface area is 150 Å². The van der Waals surface area contributed by atoms with Crippen LogP contribution in [0.4, 0.5) is 13.2 Å². The van der Waals surface area contributed by atoms with Crippen LogP contribution in [-0.4, -0.2) is 51.7 Å². The quantitative estimate of drug-likeness (QED) is 0.759. The van der Waals surface area contributed by atoms with Gasteiger partial charge >= 0.3 is 6.18 Å². The average molecular weight is 375 g/mol. The molecule has 0 saturated carbocycles. The standard InChI is InChI=1S/C18H24F3NO4/c1-2-26-15-5-3-14(4-6-15)17(7-9-24-10-8-17)12-22-16(23)11-25-13-18(19,20)21/h3-6H,2,7-13H2,1H3,(H,22,23). The molecule has 146 valence electrons. The molecular weight excluding hydrogens is 351 g/mol. The van der Waals surface area contributed by atoms with Crippen molar-refractivity contribution in [2.75, 3.05) is 39.6 Å². The molecule has 0 spiro atoms. The first-order valence-corrected chi connectivity index (χ1v) is 8.57. The van der Waals surface area contributed by atoms with Crippen LogP contribution in [0, 0.1) is 0 Å². The molecule has 0 bridgehead atoms. The van der Waals surface area contributed by atoms with Crippen molar-refractivity contribution in [2.45, 2.75) is 31.4 Å². The number of benzene rings is 1. The molecule has 2 rings (SSSR count). The number of carbonyl (C=O) groups excluding carboxylic acids is 1. The van der Waals surface area contributed by atoms with Crippen molar-refractivity contribution >= 4 is 5.91 Å². The van der Waals surface area contributed by atoms with Crippen LogP contribution in [0.15, 0.2) is 24.3 Å². The molecule has 0 atom stereocenters. The van der Waals surface area contributed by atoms with Gasteiger partial charge in [-0.1, -0.05) is 12.1 Å². The lowest BCUT2D eigenvalue weighted by atomic mass is 9.74. The van der Waals surface area contributed by atoms with Crippen LogP contribution in [0.5, 0.6) is 5.75 Å². The van der Waals surface area contributed by atoms with Crippen LogP contribution in [0.25, 0.3) is 0 Å². The number of ether oxygens (including phenoxy) is 3. The van der Waals surface area contributed by atoms with Crippen LogP contribution < -0.4 is 10.1 Å². The minimum atomic E-state index is -4.44. The van der Waals surface area contributed by atoms with Crippen molar-refractivity contribution in [1.29, 1.82) is 0 Å². The lowest BCUT2D eigenvalue weighted by molar-refractivity contribution is -0.175. The molecule has 5 nitrogen and oxygen atoms in total. The Hall–Kier alpha value is -1.80. The monoisotopic (exact) mass is 375 g/mol. The van der Waals surface area contributed by atoms with Crippen molar-refractivity contribution in [3.8, 4) is 5.75 Å². The van der Waals surface area contributed by atoms with E-state index < -0.39 is 25.3 Å². The number of alkyl halides is 3. The van der Waals surface area contributed by atoms with Gasteiger partial charge in [0.2, 0.25) is 5.91 Å². The molecule has 1 aliphatic rings. The maximum absolute atomic E-state index is 12.1. The van der Waals surface area contributed by atoms with Gasteiger partial charge in [-0.15, -0.1) is 0 Å². The molecule has 0 aliphatic carbocycles. The minimum Gasteiger partial charge on any atom is -0.494 e. The molecule has 1 saturated heterocycles. The van der Waals surface area contributed by atoms with E-state index in [4.69, 9.17) is 9.47 Å². The van der Waals surface area contributed by atoms with E-state index in [1.54, 1.807) is 0 Å². The van der Waals surface area contributed by atoms with E-state index in [1.165, 1.54) is 0 Å². The molecule has 1 N–H and O–H groups in total. The summed E-state index contributed by atoms with van der Waals surface area (Å²) >= 11 is 0. The summed E-state index contributed by atoms with van der Waals surface area (Å²) in [5.41, 5.74) is 0.726. The molecular formula is C18H24F3NO4. The number of halogens is 3. The molecule has 26 heavy (non-hydrogen) atoms. The lowest BCUT2D eigenvalue weighted by Crippen LogP contribution is -2.45. The van der Waals surface area contributed by atoms with E-state index in [9.17, 15) is 18.0 Å². The molecule has 1 aromatic carbocycles. The van der Waals surface area contributed by atoms with E-state index in [1.807, 2.05) is 31.2 Å². The van der Waals surface area contributed by atoms with Crippen LogP contribution in [0.1, 0.15) is 25.3 Å². The summed E-state index contributed by atoms with van der Waals surface area (Å²) in [4.78, 5) is 11.8. The van der Waals surface area contributed by atoms with E-state index in [2.05, 4.69) is 10.1 Å². The van der Waals surface area contributed by atoms with Gasteiger partial charge in [-0.3, -0.25) is 4.79 Å². The number of rotatable bonds is 8. The number of nitrogens with one attached hydrogen (secondary N) is 1. The van der Waals surface area contributed by atoms with Crippen molar-refractivity contribution in [1.82, 2.24) is 5.32 Å². The molecule has 1 aromatic rings. The zero-order valence-electron chi connectivity index (χ0n) is 14.7. The Kier molecular flexibility index (Phi) is 7.28. The molecule has 1 fully saturated rings. The predicted octanol–water partition coefficient (Wildman–Crippen LogP) is 2.83. The number of amides is 1. The highest BCUT2D eigenvalue weighted by Gasteiger charge is 2.35. The van der Waals surface area contributed by atoms with Gasteiger partial charge in [-0.05, 0) is 37.5 Å². The summed E-state index contributed by atoms with van der Waals surface area (Å²) in [5, 5.41) is 2.70. The van der Waals surface area contributed by atoms with E-state index in [0.29, 0.717) is 39.2 Å².